The molecular formula is C24H28N2O3S. The third kappa shape index (κ3) is 3.73. The minimum absolute atomic E-state index is 0.122. The number of nitrogens with zero attached hydrogens (tertiary/aromatic N) is 2. The second-order valence-corrected chi connectivity index (χ2v) is 9.73. The van der Waals surface area contributed by atoms with Gasteiger partial charge in [-0.05, 0) is 42.3 Å². The van der Waals surface area contributed by atoms with E-state index in [1.54, 1.807) is 0 Å². The summed E-state index contributed by atoms with van der Waals surface area (Å²) >= 11 is 1.50. The number of benzene rings is 1. The van der Waals surface area contributed by atoms with Crippen LogP contribution in [0.4, 0.5) is 0 Å². The monoisotopic (exact) mass is 424 g/mol. The zero-order chi connectivity index (χ0) is 20.6. The normalized spacial score (nSPS) is 22.6. The van der Waals surface area contributed by atoms with Crippen LogP contribution < -0.4 is 4.74 Å². The quantitative estimate of drug-likeness (QED) is 0.738. The first-order valence-corrected chi connectivity index (χ1v) is 11.9. The van der Waals surface area contributed by atoms with Crippen molar-refractivity contribution in [2.75, 3.05) is 26.2 Å². The van der Waals surface area contributed by atoms with Crippen molar-refractivity contribution in [1.29, 1.82) is 0 Å². The van der Waals surface area contributed by atoms with Crippen LogP contribution in [0.3, 0.4) is 0 Å². The van der Waals surface area contributed by atoms with E-state index in [9.17, 15) is 9.59 Å². The summed E-state index contributed by atoms with van der Waals surface area (Å²) in [5.74, 6) is 1.50. The topological polar surface area (TPSA) is 49.9 Å². The molecule has 6 heteroatoms. The van der Waals surface area contributed by atoms with Crippen molar-refractivity contribution in [3.63, 3.8) is 0 Å². The standard InChI is InChI=1S/C24H28N2O3S/c27-22(25-11-3-4-12-25)16-18-17-24(29-20-7-2-1-6-19(18)20)9-13-26(14-10-24)23(28)21-8-5-15-30-21/h1-2,5-8,15,18H,3-4,9-14,16-17H2/t18-/m0/s1. The number of ether oxygens (including phenoxy) is 1. The van der Waals surface area contributed by atoms with Gasteiger partial charge in [0.25, 0.3) is 5.91 Å². The van der Waals surface area contributed by atoms with Crippen LogP contribution in [0.1, 0.15) is 59.7 Å². The van der Waals surface area contributed by atoms with Crippen LogP contribution in [-0.2, 0) is 4.79 Å². The number of piperidine rings is 1. The molecule has 1 atom stereocenters. The molecule has 5 nitrogen and oxygen atoms in total. The van der Waals surface area contributed by atoms with Crippen LogP contribution >= 0.6 is 11.3 Å². The number of hydrogen-bond donors (Lipinski definition) is 0. The first kappa shape index (κ1) is 19.6. The second-order valence-electron chi connectivity index (χ2n) is 8.79. The molecule has 0 N–H and O–H groups in total. The van der Waals surface area contributed by atoms with Gasteiger partial charge >= 0.3 is 0 Å². The zero-order valence-electron chi connectivity index (χ0n) is 17.2. The highest BCUT2D eigenvalue weighted by atomic mass is 32.1. The molecule has 0 radical (unpaired) electrons. The number of para-hydroxylation sites is 1. The van der Waals surface area contributed by atoms with Gasteiger partial charge in [-0.2, -0.15) is 0 Å². The van der Waals surface area contributed by atoms with E-state index in [2.05, 4.69) is 6.07 Å². The van der Waals surface area contributed by atoms with Gasteiger partial charge in [-0.25, -0.2) is 0 Å². The molecule has 0 aliphatic carbocycles. The van der Waals surface area contributed by atoms with Gasteiger partial charge in [0.1, 0.15) is 11.4 Å². The average molecular weight is 425 g/mol. The van der Waals surface area contributed by atoms with Gasteiger partial charge in [0.05, 0.1) is 4.88 Å². The molecule has 0 unspecified atom stereocenters. The van der Waals surface area contributed by atoms with Gasteiger partial charge in [0.2, 0.25) is 5.91 Å². The van der Waals surface area contributed by atoms with E-state index in [0.717, 1.165) is 61.4 Å². The predicted octanol–water partition coefficient (Wildman–Crippen LogP) is 4.30. The van der Waals surface area contributed by atoms with E-state index in [1.807, 2.05) is 45.5 Å². The zero-order valence-corrected chi connectivity index (χ0v) is 18.0. The van der Waals surface area contributed by atoms with Gasteiger partial charge in [-0.3, -0.25) is 9.59 Å². The number of fused-ring (bicyclic) bond motifs is 1. The number of carbonyl (C=O) groups excluding carboxylic acids is 2. The van der Waals surface area contributed by atoms with Gasteiger partial charge in [0.15, 0.2) is 0 Å². The van der Waals surface area contributed by atoms with Crippen LogP contribution in [-0.4, -0.2) is 53.4 Å². The molecular weight excluding hydrogens is 396 g/mol. The summed E-state index contributed by atoms with van der Waals surface area (Å²) in [7, 11) is 0. The number of likely N-dealkylation sites (tertiary alicyclic amines) is 2. The molecule has 1 spiro atoms. The maximum absolute atomic E-state index is 12.9. The molecule has 2 saturated heterocycles. The van der Waals surface area contributed by atoms with Gasteiger partial charge < -0.3 is 14.5 Å². The molecule has 1 aromatic carbocycles. The molecule has 5 rings (SSSR count). The van der Waals surface area contributed by atoms with Crippen LogP contribution in [0.15, 0.2) is 41.8 Å². The van der Waals surface area contributed by atoms with Gasteiger partial charge in [-0.1, -0.05) is 24.3 Å². The summed E-state index contributed by atoms with van der Waals surface area (Å²) in [6, 6.07) is 12.0. The summed E-state index contributed by atoms with van der Waals surface area (Å²) in [6.45, 7) is 3.20. The molecule has 2 amide bonds. The Morgan fingerprint density at radius 3 is 2.50 bits per heavy atom. The van der Waals surface area contributed by atoms with Crippen molar-refractivity contribution in [2.45, 2.75) is 50.0 Å². The van der Waals surface area contributed by atoms with Crippen molar-refractivity contribution in [1.82, 2.24) is 9.80 Å². The van der Waals surface area contributed by atoms with E-state index < -0.39 is 0 Å². The SMILES string of the molecule is O=C(C[C@H]1CC2(CCN(C(=O)c3cccs3)CC2)Oc2ccccc21)N1CCCC1. The van der Waals surface area contributed by atoms with E-state index in [0.29, 0.717) is 19.5 Å². The number of amides is 2. The lowest BCUT2D eigenvalue weighted by molar-refractivity contribution is -0.131. The fraction of sp³-hybridized carbons (Fsp3) is 0.500. The van der Waals surface area contributed by atoms with Crippen LogP contribution in [0, 0.1) is 0 Å². The Balaban J connectivity index is 1.31. The summed E-state index contributed by atoms with van der Waals surface area (Å²) in [6.07, 6.45) is 5.27. The summed E-state index contributed by atoms with van der Waals surface area (Å²) in [5, 5.41) is 1.95. The minimum Gasteiger partial charge on any atom is -0.487 e. The molecule has 158 valence electrons. The van der Waals surface area contributed by atoms with Gasteiger partial charge in [0, 0.05) is 51.4 Å². The lowest BCUT2D eigenvalue weighted by Gasteiger charge is -2.47. The van der Waals surface area contributed by atoms with Gasteiger partial charge in [-0.15, -0.1) is 11.3 Å². The molecule has 3 aliphatic rings. The number of rotatable bonds is 3. The van der Waals surface area contributed by atoms with Crippen molar-refractivity contribution in [2.24, 2.45) is 0 Å². The summed E-state index contributed by atoms with van der Waals surface area (Å²) < 4.78 is 6.56. The molecule has 0 saturated carbocycles. The van der Waals surface area contributed by atoms with E-state index in [4.69, 9.17) is 4.74 Å². The predicted molar refractivity (Wildman–Crippen MR) is 117 cm³/mol. The van der Waals surface area contributed by atoms with Crippen LogP contribution in [0.5, 0.6) is 5.75 Å². The van der Waals surface area contributed by atoms with Crippen molar-refractivity contribution < 1.29 is 14.3 Å². The molecule has 30 heavy (non-hydrogen) atoms. The maximum Gasteiger partial charge on any atom is 0.263 e. The van der Waals surface area contributed by atoms with E-state index >= 15 is 0 Å². The Labute approximate surface area is 181 Å². The summed E-state index contributed by atoms with van der Waals surface area (Å²) in [4.78, 5) is 30.4. The summed E-state index contributed by atoms with van der Waals surface area (Å²) in [5.41, 5.74) is 0.879. The number of thiophene rings is 1. The highest BCUT2D eigenvalue weighted by Crippen LogP contribution is 2.47. The van der Waals surface area contributed by atoms with Crippen molar-refractivity contribution in [3.05, 3.63) is 52.2 Å². The van der Waals surface area contributed by atoms with Crippen LogP contribution in [0.25, 0.3) is 0 Å². The Morgan fingerprint density at radius 1 is 1.00 bits per heavy atom. The third-order valence-corrected chi connectivity index (χ3v) is 7.74. The fourth-order valence-electron chi connectivity index (χ4n) is 5.21. The Bertz CT molecular complexity index is 912. The lowest BCUT2D eigenvalue weighted by Crippen LogP contribution is -2.52. The van der Waals surface area contributed by atoms with Crippen molar-refractivity contribution in [3.8, 4) is 5.75 Å². The first-order valence-electron chi connectivity index (χ1n) is 11.0. The largest absolute Gasteiger partial charge is 0.487 e. The Morgan fingerprint density at radius 2 is 1.77 bits per heavy atom. The molecule has 4 heterocycles. The Hall–Kier alpha value is -2.34. The first-order chi connectivity index (χ1) is 14.6. The number of carbonyl (C=O) groups is 2. The molecule has 3 aliphatic heterocycles. The van der Waals surface area contributed by atoms with Crippen LogP contribution in [0.2, 0.25) is 0 Å². The maximum atomic E-state index is 12.9. The molecule has 0 bridgehead atoms. The van der Waals surface area contributed by atoms with E-state index in [1.165, 1.54) is 11.3 Å². The van der Waals surface area contributed by atoms with Crippen molar-refractivity contribution >= 4 is 23.2 Å². The second kappa shape index (κ2) is 8.06. The molecule has 1 aromatic heterocycles. The molecule has 2 aromatic rings. The Kier molecular flexibility index (Phi) is 5.27. The highest BCUT2D eigenvalue weighted by Gasteiger charge is 2.44. The smallest absolute Gasteiger partial charge is 0.263 e. The molecule has 2 fully saturated rings. The van der Waals surface area contributed by atoms with E-state index in [-0.39, 0.29) is 23.3 Å². The fourth-order valence-corrected chi connectivity index (χ4v) is 5.90. The number of hydrogen-bond acceptors (Lipinski definition) is 4. The highest BCUT2D eigenvalue weighted by molar-refractivity contribution is 7.12. The average Bonchev–Trinajstić information content (AvgIpc) is 3.48. The lowest BCUT2D eigenvalue weighted by atomic mass is 9.76. The minimum atomic E-state index is -0.281. The third-order valence-electron chi connectivity index (χ3n) is 6.88.